The molecule has 2 aromatic carbocycles. The largest absolute Gasteiger partial charge is 0.488 e. The van der Waals surface area contributed by atoms with E-state index in [1.54, 1.807) is 65.1 Å². The molecule has 39 heavy (non-hydrogen) atoms. The Bertz CT molecular complexity index is 1200. The van der Waals surface area contributed by atoms with E-state index in [-0.39, 0.29) is 24.1 Å². The summed E-state index contributed by atoms with van der Waals surface area (Å²) in [6.07, 6.45) is 1.49. The number of nitrogens with two attached hydrogens (primary N) is 1. The standard InChI is InChI=1S/C28H35N3O8/c1-7-36-26(33)19-8-10-21(11-9-19)38-23-15-20(14-22(16-23)37-18(2)17-35-6)25(32)31-24(29)12-13-30-27(34)39-28(3,4)5/h8-16,18H,7,17H2,1-6H3,(H,30,34)(H2,29,31,32)/b13-12-/t18-/m0/s1. The van der Waals surface area contributed by atoms with Gasteiger partial charge in [-0.05, 0) is 77.1 Å². The number of rotatable bonds is 11. The number of nitrogens with one attached hydrogen (secondary N) is 1. The van der Waals surface area contributed by atoms with Crippen LogP contribution in [0, 0.1) is 0 Å². The molecular weight excluding hydrogens is 506 g/mol. The van der Waals surface area contributed by atoms with E-state index in [9.17, 15) is 14.4 Å². The number of ether oxygens (including phenoxy) is 5. The molecule has 210 valence electrons. The molecule has 0 spiro atoms. The number of amides is 2. The maximum atomic E-state index is 12.9. The van der Waals surface area contributed by atoms with E-state index >= 15 is 0 Å². The van der Waals surface area contributed by atoms with Crippen LogP contribution < -0.4 is 20.5 Å². The van der Waals surface area contributed by atoms with Crippen LogP contribution in [-0.2, 0) is 14.2 Å². The van der Waals surface area contributed by atoms with Crippen molar-refractivity contribution in [1.82, 2.24) is 5.32 Å². The zero-order valence-electron chi connectivity index (χ0n) is 23.0. The number of methoxy groups -OCH3 is 1. The number of nitrogens with zero attached hydrogens (tertiary/aromatic N) is 1. The highest BCUT2D eigenvalue weighted by Crippen LogP contribution is 2.29. The smallest absolute Gasteiger partial charge is 0.411 e. The average molecular weight is 542 g/mol. The van der Waals surface area contributed by atoms with E-state index in [2.05, 4.69) is 10.3 Å². The Morgan fingerprint density at radius 3 is 2.31 bits per heavy atom. The fraction of sp³-hybridized carbons (Fsp3) is 0.357. The average Bonchev–Trinajstić information content (AvgIpc) is 2.83. The zero-order valence-corrected chi connectivity index (χ0v) is 23.0. The van der Waals surface area contributed by atoms with E-state index < -0.39 is 23.6 Å². The van der Waals surface area contributed by atoms with Crippen LogP contribution in [0.2, 0.25) is 0 Å². The van der Waals surface area contributed by atoms with Crippen LogP contribution in [-0.4, -0.2) is 55.8 Å². The Labute approximate surface area is 227 Å². The van der Waals surface area contributed by atoms with Gasteiger partial charge >= 0.3 is 12.1 Å². The van der Waals surface area contributed by atoms with Crippen molar-refractivity contribution in [2.24, 2.45) is 10.7 Å². The molecule has 2 amide bonds. The lowest BCUT2D eigenvalue weighted by molar-refractivity contribution is 0.0522. The molecule has 0 bridgehead atoms. The Kier molecular flexibility index (Phi) is 11.5. The lowest BCUT2D eigenvalue weighted by atomic mass is 10.2. The molecule has 0 aliphatic rings. The van der Waals surface area contributed by atoms with Gasteiger partial charge in [0.1, 0.15) is 34.8 Å². The van der Waals surface area contributed by atoms with Gasteiger partial charge in [-0.15, -0.1) is 0 Å². The van der Waals surface area contributed by atoms with Crippen molar-refractivity contribution < 1.29 is 38.1 Å². The molecule has 0 aromatic heterocycles. The minimum atomic E-state index is -0.676. The van der Waals surface area contributed by atoms with Gasteiger partial charge in [-0.3, -0.25) is 10.1 Å². The minimum Gasteiger partial charge on any atom is -0.488 e. The summed E-state index contributed by atoms with van der Waals surface area (Å²) in [4.78, 5) is 40.4. The van der Waals surface area contributed by atoms with Gasteiger partial charge < -0.3 is 29.4 Å². The summed E-state index contributed by atoms with van der Waals surface area (Å²) in [6, 6.07) is 11.0. The number of esters is 1. The summed E-state index contributed by atoms with van der Waals surface area (Å²) in [6.45, 7) is 9.33. The monoisotopic (exact) mass is 541 g/mol. The normalized spacial score (nSPS) is 12.5. The lowest BCUT2D eigenvalue weighted by Gasteiger charge is -2.18. The Balaban J connectivity index is 2.24. The van der Waals surface area contributed by atoms with Gasteiger partial charge in [-0.2, -0.15) is 4.99 Å². The van der Waals surface area contributed by atoms with Crippen molar-refractivity contribution >= 4 is 23.8 Å². The maximum absolute atomic E-state index is 12.9. The predicted molar refractivity (Wildman–Crippen MR) is 145 cm³/mol. The second-order valence-corrected chi connectivity index (χ2v) is 9.25. The summed E-state index contributed by atoms with van der Waals surface area (Å²) in [5, 5.41) is 2.39. The van der Waals surface area contributed by atoms with Crippen LogP contribution >= 0.6 is 0 Å². The first kappa shape index (κ1) is 30.8. The highest BCUT2D eigenvalue weighted by molar-refractivity contribution is 6.06. The first-order valence-electron chi connectivity index (χ1n) is 12.2. The Morgan fingerprint density at radius 1 is 1.03 bits per heavy atom. The quantitative estimate of drug-likeness (QED) is 0.236. The Hall–Kier alpha value is -4.38. The summed E-state index contributed by atoms with van der Waals surface area (Å²) in [7, 11) is 1.55. The van der Waals surface area contributed by atoms with Crippen molar-refractivity contribution in [2.75, 3.05) is 20.3 Å². The molecule has 0 saturated carbocycles. The van der Waals surface area contributed by atoms with Gasteiger partial charge in [-0.1, -0.05) is 0 Å². The molecule has 0 aliphatic heterocycles. The van der Waals surface area contributed by atoms with E-state index in [4.69, 9.17) is 29.4 Å². The number of carbonyl (C=O) groups is 3. The van der Waals surface area contributed by atoms with Crippen molar-refractivity contribution in [3.8, 4) is 17.2 Å². The van der Waals surface area contributed by atoms with Crippen LogP contribution in [0.1, 0.15) is 55.3 Å². The molecule has 0 fully saturated rings. The topological polar surface area (TPSA) is 148 Å². The van der Waals surface area contributed by atoms with Gasteiger partial charge in [-0.25, -0.2) is 9.59 Å². The van der Waals surface area contributed by atoms with Gasteiger partial charge in [0.25, 0.3) is 5.91 Å². The highest BCUT2D eigenvalue weighted by atomic mass is 16.6. The number of amidine groups is 1. The molecule has 11 nitrogen and oxygen atoms in total. The number of hydrogen-bond acceptors (Lipinski definition) is 8. The van der Waals surface area contributed by atoms with Crippen LogP contribution in [0.4, 0.5) is 4.79 Å². The third kappa shape index (κ3) is 11.3. The SMILES string of the molecule is CCOC(=O)c1ccc(Oc2cc(O[C@@H](C)COC)cc(C(=O)N=C(N)/C=C\NC(=O)OC(C)(C)C)c2)cc1. The van der Waals surface area contributed by atoms with Crippen molar-refractivity contribution in [3.05, 3.63) is 65.9 Å². The first-order valence-corrected chi connectivity index (χ1v) is 12.2. The van der Waals surface area contributed by atoms with E-state index in [1.807, 2.05) is 6.92 Å². The fourth-order valence-corrected chi connectivity index (χ4v) is 3.05. The number of benzene rings is 2. The number of aliphatic imine (C=N–C) groups is 1. The number of hydrogen-bond donors (Lipinski definition) is 2. The molecule has 0 aliphatic carbocycles. The number of carbonyl (C=O) groups excluding carboxylic acids is 3. The Morgan fingerprint density at radius 2 is 1.69 bits per heavy atom. The summed E-state index contributed by atoms with van der Waals surface area (Å²) in [5.74, 6) is -0.193. The zero-order chi connectivity index (χ0) is 29.0. The van der Waals surface area contributed by atoms with Crippen molar-refractivity contribution in [2.45, 2.75) is 46.3 Å². The van der Waals surface area contributed by atoms with E-state index in [0.717, 1.165) is 0 Å². The fourth-order valence-electron chi connectivity index (χ4n) is 3.05. The van der Waals surface area contributed by atoms with Crippen LogP contribution in [0.15, 0.2) is 59.7 Å². The predicted octanol–water partition coefficient (Wildman–Crippen LogP) is 4.61. The van der Waals surface area contributed by atoms with Gasteiger partial charge in [0.2, 0.25) is 0 Å². The number of alkyl carbamates (subject to hydrolysis) is 1. The molecule has 2 rings (SSSR count). The highest BCUT2D eigenvalue weighted by Gasteiger charge is 2.16. The second kappa shape index (κ2) is 14.5. The second-order valence-electron chi connectivity index (χ2n) is 9.25. The molecule has 1 atom stereocenters. The summed E-state index contributed by atoms with van der Waals surface area (Å²) >= 11 is 0. The van der Waals surface area contributed by atoms with Crippen LogP contribution in [0.3, 0.4) is 0 Å². The first-order chi connectivity index (χ1) is 18.4. The van der Waals surface area contributed by atoms with Gasteiger partial charge in [0.05, 0.1) is 18.8 Å². The molecule has 0 heterocycles. The van der Waals surface area contributed by atoms with Crippen molar-refractivity contribution in [3.63, 3.8) is 0 Å². The molecule has 2 aromatic rings. The van der Waals surface area contributed by atoms with Crippen molar-refractivity contribution in [1.29, 1.82) is 0 Å². The van der Waals surface area contributed by atoms with Gasteiger partial charge in [0, 0.05) is 24.9 Å². The molecular formula is C28H35N3O8. The van der Waals surface area contributed by atoms with E-state index in [1.165, 1.54) is 24.4 Å². The lowest BCUT2D eigenvalue weighted by Crippen LogP contribution is -2.30. The van der Waals surface area contributed by atoms with Crippen LogP contribution in [0.25, 0.3) is 0 Å². The molecule has 0 radical (unpaired) electrons. The summed E-state index contributed by atoms with van der Waals surface area (Å²) in [5.41, 5.74) is 5.70. The van der Waals surface area contributed by atoms with E-state index in [0.29, 0.717) is 29.4 Å². The third-order valence-corrected chi connectivity index (χ3v) is 4.55. The molecule has 0 saturated heterocycles. The molecule has 11 heteroatoms. The molecule has 0 unspecified atom stereocenters. The summed E-state index contributed by atoms with van der Waals surface area (Å²) < 4.78 is 27.0. The third-order valence-electron chi connectivity index (χ3n) is 4.55. The maximum Gasteiger partial charge on any atom is 0.411 e. The minimum absolute atomic E-state index is 0.145. The van der Waals surface area contributed by atoms with Crippen LogP contribution in [0.5, 0.6) is 17.2 Å². The molecule has 3 N–H and O–H groups in total. The van der Waals surface area contributed by atoms with Gasteiger partial charge in [0.15, 0.2) is 0 Å².